The number of nitrogens with one attached hydrogen (secondary N) is 1. The molecule has 0 spiro atoms. The summed E-state index contributed by atoms with van der Waals surface area (Å²) in [5.74, 6) is -0.0905. The monoisotopic (exact) mass is 361 g/mol. The first-order valence-electron chi connectivity index (χ1n) is 6.97. The van der Waals surface area contributed by atoms with Crippen LogP contribution in [-0.4, -0.2) is 13.0 Å². The molecule has 1 N–H and O–H groups in total. The highest BCUT2D eigenvalue weighted by molar-refractivity contribution is 7.99. The van der Waals surface area contributed by atoms with Gasteiger partial charge in [0.15, 0.2) is 0 Å². The minimum Gasteiger partial charge on any atom is -0.355 e. The molecule has 0 saturated heterocycles. The molecule has 0 heterocycles. The Morgan fingerprint density at radius 3 is 2.39 bits per heavy atom. The van der Waals surface area contributed by atoms with Crippen LogP contribution in [0.25, 0.3) is 10.8 Å². The van der Waals surface area contributed by atoms with Crippen LogP contribution < -0.4 is 5.32 Å². The molecule has 0 aliphatic carbocycles. The number of rotatable bonds is 3. The van der Waals surface area contributed by atoms with Crippen LogP contribution in [0.15, 0.2) is 64.4 Å². The first-order chi connectivity index (χ1) is 11.1. The summed E-state index contributed by atoms with van der Waals surface area (Å²) in [5.41, 5.74) is 0.668. The molecule has 0 aromatic heterocycles. The van der Waals surface area contributed by atoms with Crippen LogP contribution in [0.3, 0.4) is 0 Å². The second-order valence-corrected chi connectivity index (χ2v) is 6.84. The summed E-state index contributed by atoms with van der Waals surface area (Å²) in [6.07, 6.45) is 0. The molecule has 0 radical (unpaired) electrons. The zero-order chi connectivity index (χ0) is 16.4. The van der Waals surface area contributed by atoms with Crippen molar-refractivity contribution in [2.75, 3.05) is 7.05 Å². The van der Waals surface area contributed by atoms with Gasteiger partial charge in [0, 0.05) is 22.4 Å². The SMILES string of the molecule is CNC(=O)c1ccc(Sc2ccc(Cl)c(Cl)c2)c2ccccc12. The van der Waals surface area contributed by atoms with Gasteiger partial charge in [-0.2, -0.15) is 0 Å². The Kier molecular flexibility index (Phi) is 4.81. The first kappa shape index (κ1) is 16.2. The molecule has 3 aromatic rings. The first-order valence-corrected chi connectivity index (χ1v) is 8.54. The van der Waals surface area contributed by atoms with Gasteiger partial charge in [-0.3, -0.25) is 4.79 Å². The number of benzene rings is 3. The molecule has 5 heteroatoms. The summed E-state index contributed by atoms with van der Waals surface area (Å²) in [4.78, 5) is 14.1. The lowest BCUT2D eigenvalue weighted by atomic mass is 10.0. The Bertz CT molecular complexity index is 895. The van der Waals surface area contributed by atoms with Crippen molar-refractivity contribution in [1.29, 1.82) is 0 Å². The van der Waals surface area contributed by atoms with E-state index < -0.39 is 0 Å². The Morgan fingerprint density at radius 2 is 1.70 bits per heavy atom. The van der Waals surface area contributed by atoms with Gasteiger partial charge in [0.1, 0.15) is 0 Å². The fraction of sp³-hybridized carbons (Fsp3) is 0.0556. The highest BCUT2D eigenvalue weighted by Gasteiger charge is 2.12. The Labute approximate surface area is 148 Å². The molecule has 0 unspecified atom stereocenters. The average molecular weight is 362 g/mol. The smallest absolute Gasteiger partial charge is 0.251 e. The quantitative estimate of drug-likeness (QED) is 0.652. The van der Waals surface area contributed by atoms with E-state index in [-0.39, 0.29) is 5.91 Å². The number of carbonyl (C=O) groups is 1. The van der Waals surface area contributed by atoms with Gasteiger partial charge in [-0.15, -0.1) is 0 Å². The molecule has 0 aliphatic rings. The molecule has 0 fully saturated rings. The summed E-state index contributed by atoms with van der Waals surface area (Å²) in [7, 11) is 1.63. The van der Waals surface area contributed by atoms with E-state index in [0.29, 0.717) is 15.6 Å². The topological polar surface area (TPSA) is 29.1 Å². The van der Waals surface area contributed by atoms with Crippen LogP contribution in [0.4, 0.5) is 0 Å². The molecular weight excluding hydrogens is 349 g/mol. The maximum atomic E-state index is 12.0. The second-order valence-electron chi connectivity index (χ2n) is 4.91. The summed E-state index contributed by atoms with van der Waals surface area (Å²) in [6, 6.07) is 17.2. The van der Waals surface area contributed by atoms with E-state index in [1.54, 1.807) is 24.9 Å². The largest absolute Gasteiger partial charge is 0.355 e. The van der Waals surface area contributed by atoms with E-state index in [2.05, 4.69) is 5.32 Å². The molecule has 116 valence electrons. The van der Waals surface area contributed by atoms with Crippen molar-refractivity contribution < 1.29 is 4.79 Å². The standard InChI is InChI=1S/C18H13Cl2NOS/c1-21-18(22)14-7-9-17(13-5-3-2-4-12(13)14)23-11-6-8-15(19)16(20)10-11/h2-10H,1H3,(H,21,22). The van der Waals surface area contributed by atoms with E-state index in [1.165, 1.54) is 0 Å². The minimum atomic E-state index is -0.0905. The molecule has 3 rings (SSSR count). The number of halogens is 2. The maximum Gasteiger partial charge on any atom is 0.251 e. The van der Waals surface area contributed by atoms with E-state index >= 15 is 0 Å². The zero-order valence-electron chi connectivity index (χ0n) is 12.3. The summed E-state index contributed by atoms with van der Waals surface area (Å²) in [5, 5.41) is 5.71. The molecule has 0 atom stereocenters. The molecule has 23 heavy (non-hydrogen) atoms. The van der Waals surface area contributed by atoms with Gasteiger partial charge in [-0.05, 0) is 41.1 Å². The highest BCUT2D eigenvalue weighted by atomic mass is 35.5. The molecule has 0 saturated carbocycles. The predicted molar refractivity (Wildman–Crippen MR) is 97.9 cm³/mol. The van der Waals surface area contributed by atoms with Crippen molar-refractivity contribution in [2.45, 2.75) is 9.79 Å². The molecule has 2 nitrogen and oxygen atoms in total. The van der Waals surface area contributed by atoms with Crippen LogP contribution in [0.1, 0.15) is 10.4 Å². The van der Waals surface area contributed by atoms with Gasteiger partial charge in [-0.1, -0.05) is 59.2 Å². The third-order valence-corrected chi connectivity index (χ3v) is 5.28. The maximum absolute atomic E-state index is 12.0. The van der Waals surface area contributed by atoms with E-state index in [0.717, 1.165) is 20.6 Å². The van der Waals surface area contributed by atoms with Gasteiger partial charge in [0.2, 0.25) is 0 Å². The van der Waals surface area contributed by atoms with E-state index in [1.807, 2.05) is 48.5 Å². The van der Waals surface area contributed by atoms with Crippen LogP contribution in [0, 0.1) is 0 Å². The Balaban J connectivity index is 2.08. The van der Waals surface area contributed by atoms with Crippen molar-refractivity contribution in [1.82, 2.24) is 5.32 Å². The molecule has 0 bridgehead atoms. The van der Waals surface area contributed by atoms with Gasteiger partial charge in [-0.25, -0.2) is 0 Å². The summed E-state index contributed by atoms with van der Waals surface area (Å²) >= 11 is 13.6. The van der Waals surface area contributed by atoms with Gasteiger partial charge in [0.25, 0.3) is 5.91 Å². The Morgan fingerprint density at radius 1 is 0.957 bits per heavy atom. The summed E-state index contributed by atoms with van der Waals surface area (Å²) < 4.78 is 0. The highest BCUT2D eigenvalue weighted by Crippen LogP contribution is 2.37. The fourth-order valence-electron chi connectivity index (χ4n) is 2.36. The molecule has 3 aromatic carbocycles. The summed E-state index contributed by atoms with van der Waals surface area (Å²) in [6.45, 7) is 0. The van der Waals surface area contributed by atoms with Crippen LogP contribution in [0.5, 0.6) is 0 Å². The lowest BCUT2D eigenvalue weighted by molar-refractivity contribution is 0.0964. The van der Waals surface area contributed by atoms with Gasteiger partial charge in [0.05, 0.1) is 10.0 Å². The van der Waals surface area contributed by atoms with Crippen molar-refractivity contribution in [3.05, 3.63) is 70.2 Å². The van der Waals surface area contributed by atoms with Crippen LogP contribution in [0.2, 0.25) is 10.0 Å². The number of carbonyl (C=O) groups excluding carboxylic acids is 1. The third-order valence-electron chi connectivity index (χ3n) is 3.47. The van der Waals surface area contributed by atoms with Crippen LogP contribution >= 0.6 is 35.0 Å². The van der Waals surface area contributed by atoms with Crippen molar-refractivity contribution in [2.24, 2.45) is 0 Å². The lowest BCUT2D eigenvalue weighted by Gasteiger charge is -2.10. The van der Waals surface area contributed by atoms with Crippen LogP contribution in [-0.2, 0) is 0 Å². The number of hydrogen-bond donors (Lipinski definition) is 1. The fourth-order valence-corrected chi connectivity index (χ4v) is 3.71. The second kappa shape index (κ2) is 6.83. The minimum absolute atomic E-state index is 0.0905. The number of hydrogen-bond acceptors (Lipinski definition) is 2. The van der Waals surface area contributed by atoms with Gasteiger partial charge < -0.3 is 5.32 Å². The predicted octanol–water partition coefficient (Wildman–Crippen LogP) is 5.66. The van der Waals surface area contributed by atoms with Crippen molar-refractivity contribution >= 4 is 51.6 Å². The van der Waals surface area contributed by atoms with Crippen molar-refractivity contribution in [3.63, 3.8) is 0 Å². The normalized spacial score (nSPS) is 10.7. The lowest BCUT2D eigenvalue weighted by Crippen LogP contribution is -2.18. The number of amides is 1. The molecular formula is C18H13Cl2NOS. The average Bonchev–Trinajstić information content (AvgIpc) is 2.58. The number of fused-ring (bicyclic) bond motifs is 1. The molecule has 0 aliphatic heterocycles. The zero-order valence-corrected chi connectivity index (χ0v) is 14.6. The van der Waals surface area contributed by atoms with Gasteiger partial charge >= 0.3 is 0 Å². The molecule has 1 amide bonds. The van der Waals surface area contributed by atoms with E-state index in [9.17, 15) is 4.79 Å². The van der Waals surface area contributed by atoms with Crippen molar-refractivity contribution in [3.8, 4) is 0 Å². The Hall–Kier alpha value is -1.68. The third kappa shape index (κ3) is 3.32. The van der Waals surface area contributed by atoms with E-state index in [4.69, 9.17) is 23.2 Å².